The van der Waals surface area contributed by atoms with Gasteiger partial charge in [0.15, 0.2) is 0 Å². The van der Waals surface area contributed by atoms with Crippen LogP contribution in [0.15, 0.2) is 292 Å². The number of rotatable bonds is 4. The van der Waals surface area contributed by atoms with Crippen molar-refractivity contribution >= 4 is 60.4 Å². The van der Waals surface area contributed by atoms with Gasteiger partial charge < -0.3 is 10.0 Å². The van der Waals surface area contributed by atoms with Gasteiger partial charge >= 0.3 is 7.12 Å². The van der Waals surface area contributed by atoms with Gasteiger partial charge in [-0.3, -0.25) is 0 Å². The van der Waals surface area contributed by atoms with E-state index in [4.69, 9.17) is 0 Å². The molecule has 0 saturated carbocycles. The molecule has 2 nitrogen and oxygen atoms in total. The molecule has 0 aliphatic heterocycles. The maximum atomic E-state index is 9.22. The molecule has 4 aliphatic carbocycles. The first-order valence-electron chi connectivity index (χ1n) is 26.9. The Labute approximate surface area is 492 Å². The third-order valence-corrected chi connectivity index (χ3v) is 18.2. The topological polar surface area (TPSA) is 40.5 Å². The lowest BCUT2D eigenvalue weighted by atomic mass is 9.70. The molecule has 0 unspecified atom stereocenters. The molecule has 16 rings (SSSR count). The van der Waals surface area contributed by atoms with Crippen molar-refractivity contribution in [3.63, 3.8) is 0 Å². The predicted octanol–water partition coefficient (Wildman–Crippen LogP) is 18.7. The SMILES string of the molecule is Brc1ccc2c(c1)-c1cc(-c3ccccc3-c3ccccc3)ccc1C21c2ccccc2-c2ccccc21.Brc1ccc2c(c1)-c1cc(Br)ccc1C21c2ccccc2-c2ccccc21.OB(O)c1ccccc1-c1ccccc1. The molecular weight excluding hydrogens is 1170 g/mol. The number of hydrogen-bond donors (Lipinski definition) is 2. The van der Waals surface area contributed by atoms with Gasteiger partial charge in [-0.25, -0.2) is 0 Å². The van der Waals surface area contributed by atoms with E-state index in [1.54, 1.807) is 12.1 Å². The standard InChI is InChI=1S/C37H23Br.C25H14Br2.C12H11BO2/c38-26-19-21-36-32(23-26)31-22-25(28-13-5-4-12-27(28)24-10-2-1-3-11-24)18-20-35(31)37(36)33-16-8-6-14-29(33)30-15-7-9-17-34(30)37;26-15-9-11-23-19(13-15)20-14-16(27)10-12-24(20)25(23)21-7-3-1-5-17(21)18-6-2-4-8-22(18)25;14-13(15)12-9-5-4-8-11(12)10-6-2-1-3-7-10/h1-23H;1-14H;1-9,14-15H. The second-order valence-electron chi connectivity index (χ2n) is 20.8. The molecule has 2 N–H and O–H groups in total. The van der Waals surface area contributed by atoms with Crippen LogP contribution in [-0.2, 0) is 10.8 Å². The van der Waals surface area contributed by atoms with E-state index in [-0.39, 0.29) is 10.8 Å². The van der Waals surface area contributed by atoms with Crippen molar-refractivity contribution in [2.24, 2.45) is 0 Å². The van der Waals surface area contributed by atoms with Crippen molar-refractivity contribution in [3.05, 3.63) is 337 Å². The van der Waals surface area contributed by atoms with Crippen LogP contribution in [0.4, 0.5) is 0 Å². The van der Waals surface area contributed by atoms with Gasteiger partial charge in [-0.15, -0.1) is 0 Å². The minimum atomic E-state index is -1.43. The van der Waals surface area contributed by atoms with Crippen LogP contribution in [0.3, 0.4) is 0 Å². The van der Waals surface area contributed by atoms with Gasteiger partial charge in [-0.05, 0) is 170 Å². The van der Waals surface area contributed by atoms with Crippen molar-refractivity contribution in [2.75, 3.05) is 0 Å². The second-order valence-corrected chi connectivity index (χ2v) is 23.5. The molecule has 0 amide bonds. The number of fused-ring (bicyclic) bond motifs is 20. The zero-order chi connectivity index (χ0) is 54.1. The van der Waals surface area contributed by atoms with Crippen molar-refractivity contribution in [2.45, 2.75) is 10.8 Å². The first-order chi connectivity index (χ1) is 39.3. The molecule has 0 saturated heterocycles. The molecule has 380 valence electrons. The van der Waals surface area contributed by atoms with Gasteiger partial charge in [0.25, 0.3) is 0 Å². The molecular formula is C74H48BBr3O2. The molecule has 0 atom stereocenters. The summed E-state index contributed by atoms with van der Waals surface area (Å²) >= 11 is 11.2. The third-order valence-electron chi connectivity index (χ3n) is 16.7. The van der Waals surface area contributed by atoms with E-state index in [0.29, 0.717) is 5.46 Å². The van der Waals surface area contributed by atoms with Gasteiger partial charge in [0.05, 0.1) is 10.8 Å². The van der Waals surface area contributed by atoms with Crippen LogP contribution < -0.4 is 5.46 Å². The summed E-state index contributed by atoms with van der Waals surface area (Å²) in [6.07, 6.45) is 0. The molecule has 4 aliphatic rings. The highest BCUT2D eigenvalue weighted by Crippen LogP contribution is 2.65. The largest absolute Gasteiger partial charge is 0.489 e. The molecule has 0 aromatic heterocycles. The van der Waals surface area contributed by atoms with Crippen LogP contribution in [0, 0.1) is 0 Å². The second kappa shape index (κ2) is 20.3. The zero-order valence-corrected chi connectivity index (χ0v) is 47.9. The Morgan fingerprint density at radius 3 is 0.887 bits per heavy atom. The third kappa shape index (κ3) is 7.87. The minimum Gasteiger partial charge on any atom is -0.423 e. The number of benzene rings is 12. The molecule has 0 fully saturated rings. The van der Waals surface area contributed by atoms with Gasteiger partial charge in [0.2, 0.25) is 0 Å². The lowest BCUT2D eigenvalue weighted by molar-refractivity contribution is 0.426. The summed E-state index contributed by atoms with van der Waals surface area (Å²) in [4.78, 5) is 0. The smallest absolute Gasteiger partial charge is 0.423 e. The summed E-state index contributed by atoms with van der Waals surface area (Å²) in [7, 11) is -1.43. The van der Waals surface area contributed by atoms with E-state index < -0.39 is 7.12 Å². The normalized spacial score (nSPS) is 13.3. The van der Waals surface area contributed by atoms with Crippen molar-refractivity contribution < 1.29 is 10.0 Å². The monoisotopic (exact) mass is 1220 g/mol. The average molecular weight is 1220 g/mol. The van der Waals surface area contributed by atoms with Crippen molar-refractivity contribution in [1.29, 1.82) is 0 Å². The lowest BCUT2D eigenvalue weighted by Crippen LogP contribution is -2.31. The zero-order valence-electron chi connectivity index (χ0n) is 43.2. The Morgan fingerprint density at radius 1 is 0.225 bits per heavy atom. The van der Waals surface area contributed by atoms with Crippen LogP contribution in [0.25, 0.3) is 77.9 Å². The Morgan fingerprint density at radius 2 is 0.500 bits per heavy atom. The Hall–Kier alpha value is -7.94. The number of hydrogen-bond acceptors (Lipinski definition) is 2. The Kier molecular flexibility index (Phi) is 12.8. The van der Waals surface area contributed by atoms with Gasteiger partial charge in [0, 0.05) is 13.4 Å². The van der Waals surface area contributed by atoms with Gasteiger partial charge in [-0.1, -0.05) is 284 Å². The van der Waals surface area contributed by atoms with Crippen LogP contribution >= 0.6 is 47.8 Å². The van der Waals surface area contributed by atoms with E-state index in [9.17, 15) is 10.0 Å². The van der Waals surface area contributed by atoms with Crippen molar-refractivity contribution in [1.82, 2.24) is 0 Å². The van der Waals surface area contributed by atoms with E-state index in [0.717, 1.165) is 24.5 Å². The van der Waals surface area contributed by atoms with Crippen LogP contribution in [-0.4, -0.2) is 17.2 Å². The molecule has 12 aromatic rings. The van der Waals surface area contributed by atoms with E-state index in [2.05, 4.69) is 272 Å². The first kappa shape index (κ1) is 50.3. The van der Waals surface area contributed by atoms with E-state index in [1.165, 1.54) is 111 Å². The highest BCUT2D eigenvalue weighted by molar-refractivity contribution is 9.11. The fourth-order valence-corrected chi connectivity index (χ4v) is 14.7. The molecule has 12 aromatic carbocycles. The average Bonchev–Trinajstić information content (AvgIpc) is 2.33. The molecule has 80 heavy (non-hydrogen) atoms. The van der Waals surface area contributed by atoms with E-state index >= 15 is 0 Å². The fourth-order valence-electron chi connectivity index (χ4n) is 13.6. The first-order valence-corrected chi connectivity index (χ1v) is 29.2. The maximum Gasteiger partial charge on any atom is 0.489 e. The summed E-state index contributed by atoms with van der Waals surface area (Å²) in [5.74, 6) is 0. The maximum absolute atomic E-state index is 9.22. The molecule has 0 heterocycles. The van der Waals surface area contributed by atoms with Crippen LogP contribution in [0.5, 0.6) is 0 Å². The van der Waals surface area contributed by atoms with Gasteiger partial charge in [0.1, 0.15) is 0 Å². The molecule has 0 bridgehead atoms. The highest BCUT2D eigenvalue weighted by Gasteiger charge is 2.53. The Balaban J connectivity index is 0.000000119. The molecule has 0 radical (unpaired) electrons. The minimum absolute atomic E-state index is 0.237. The Bertz CT molecular complexity index is 4250. The molecule has 6 heteroatoms. The summed E-state index contributed by atoms with van der Waals surface area (Å²) < 4.78 is 3.33. The summed E-state index contributed by atoms with van der Waals surface area (Å²) in [6, 6.07) is 99.5. The highest BCUT2D eigenvalue weighted by atomic mass is 79.9. The van der Waals surface area contributed by atoms with Gasteiger partial charge in [-0.2, -0.15) is 0 Å². The predicted molar refractivity (Wildman–Crippen MR) is 341 cm³/mol. The van der Waals surface area contributed by atoms with Crippen molar-refractivity contribution in [3.8, 4) is 77.9 Å². The summed E-state index contributed by atoms with van der Waals surface area (Å²) in [5, 5.41) is 18.4. The lowest BCUT2D eigenvalue weighted by Gasteiger charge is -2.30. The molecule has 2 spiro atoms. The summed E-state index contributed by atoms with van der Waals surface area (Å²) in [5.41, 5.74) is 28.4. The van der Waals surface area contributed by atoms with Crippen LogP contribution in [0.2, 0.25) is 0 Å². The number of halogens is 3. The van der Waals surface area contributed by atoms with E-state index in [1.807, 2.05) is 42.5 Å². The summed E-state index contributed by atoms with van der Waals surface area (Å²) in [6.45, 7) is 0. The quantitative estimate of drug-likeness (QED) is 0.172. The fraction of sp³-hybridized carbons (Fsp3) is 0.0270. The van der Waals surface area contributed by atoms with Crippen LogP contribution in [0.1, 0.15) is 44.5 Å².